The van der Waals surface area contributed by atoms with E-state index in [1.54, 1.807) is 0 Å². The number of ether oxygens (including phenoxy) is 2. The Morgan fingerprint density at radius 3 is 2.45 bits per heavy atom. The Bertz CT molecular complexity index is 790. The largest absolute Gasteiger partial charge is 0.493 e. The molecule has 0 spiro atoms. The van der Waals surface area contributed by atoms with E-state index in [9.17, 15) is 9.59 Å². The lowest BCUT2D eigenvalue weighted by molar-refractivity contribution is -0.144. The SMILES string of the molecule is O=C(C[C@@]1(COc2ccc(Cl)cc2)CCCN(C(=O)CCC2CCCC2)C1)N1CCOCC1. The second kappa shape index (κ2) is 11.6. The zero-order chi connectivity index (χ0) is 23.1. The first-order valence-corrected chi connectivity index (χ1v) is 12.9. The Kier molecular flexibility index (Phi) is 8.53. The quantitative estimate of drug-likeness (QED) is 0.552. The van der Waals surface area contributed by atoms with E-state index in [4.69, 9.17) is 21.1 Å². The van der Waals surface area contributed by atoms with Crippen LogP contribution in [0.25, 0.3) is 0 Å². The number of rotatable bonds is 8. The van der Waals surface area contributed by atoms with Crippen LogP contribution in [-0.2, 0) is 14.3 Å². The number of carbonyl (C=O) groups excluding carboxylic acids is 2. The maximum absolute atomic E-state index is 13.2. The maximum Gasteiger partial charge on any atom is 0.223 e. The van der Waals surface area contributed by atoms with Crippen molar-refractivity contribution in [2.45, 2.75) is 57.8 Å². The molecule has 4 rings (SSSR count). The van der Waals surface area contributed by atoms with Crippen molar-refractivity contribution in [2.24, 2.45) is 11.3 Å². The molecular formula is C26H37ClN2O4. The van der Waals surface area contributed by atoms with Crippen molar-refractivity contribution in [1.82, 2.24) is 9.80 Å². The molecule has 0 radical (unpaired) electrons. The van der Waals surface area contributed by atoms with Crippen molar-refractivity contribution in [3.63, 3.8) is 0 Å². The van der Waals surface area contributed by atoms with Gasteiger partial charge in [-0.1, -0.05) is 37.3 Å². The van der Waals surface area contributed by atoms with Crippen LogP contribution in [-0.4, -0.2) is 67.6 Å². The molecule has 182 valence electrons. The number of halogens is 1. The monoisotopic (exact) mass is 476 g/mol. The Morgan fingerprint density at radius 2 is 1.73 bits per heavy atom. The minimum atomic E-state index is -0.379. The number of hydrogen-bond donors (Lipinski definition) is 0. The Balaban J connectivity index is 1.42. The number of carbonyl (C=O) groups is 2. The molecule has 1 aliphatic carbocycles. The molecule has 0 bridgehead atoms. The fraction of sp³-hybridized carbons (Fsp3) is 0.692. The highest BCUT2D eigenvalue weighted by molar-refractivity contribution is 6.30. The molecule has 2 saturated heterocycles. The van der Waals surface area contributed by atoms with Gasteiger partial charge in [0.2, 0.25) is 11.8 Å². The molecule has 2 heterocycles. The van der Waals surface area contributed by atoms with Gasteiger partial charge in [-0.2, -0.15) is 0 Å². The zero-order valence-corrected chi connectivity index (χ0v) is 20.4. The van der Waals surface area contributed by atoms with Gasteiger partial charge in [-0.05, 0) is 49.4 Å². The summed E-state index contributed by atoms with van der Waals surface area (Å²) in [6.07, 6.45) is 8.92. The normalized spacial score (nSPS) is 24.2. The molecule has 0 unspecified atom stereocenters. The van der Waals surface area contributed by atoms with Crippen LogP contribution in [0.15, 0.2) is 24.3 Å². The number of piperidine rings is 1. The van der Waals surface area contributed by atoms with Crippen LogP contribution in [0.2, 0.25) is 5.02 Å². The van der Waals surface area contributed by atoms with Crippen LogP contribution >= 0.6 is 11.6 Å². The number of amides is 2. The summed E-state index contributed by atoms with van der Waals surface area (Å²) in [6, 6.07) is 7.32. The van der Waals surface area contributed by atoms with Crippen LogP contribution in [0.4, 0.5) is 0 Å². The van der Waals surface area contributed by atoms with E-state index in [1.165, 1.54) is 25.7 Å². The molecule has 0 aromatic heterocycles. The predicted molar refractivity (Wildman–Crippen MR) is 128 cm³/mol. The van der Waals surface area contributed by atoms with Gasteiger partial charge < -0.3 is 19.3 Å². The van der Waals surface area contributed by atoms with Gasteiger partial charge in [0.15, 0.2) is 0 Å². The van der Waals surface area contributed by atoms with Gasteiger partial charge in [0.1, 0.15) is 5.75 Å². The summed E-state index contributed by atoms with van der Waals surface area (Å²) < 4.78 is 11.6. The van der Waals surface area contributed by atoms with Gasteiger partial charge >= 0.3 is 0 Å². The number of morpholine rings is 1. The van der Waals surface area contributed by atoms with Crippen molar-refractivity contribution in [3.05, 3.63) is 29.3 Å². The average Bonchev–Trinajstić information content (AvgIpc) is 3.37. The predicted octanol–water partition coefficient (Wildman–Crippen LogP) is 4.55. The Hall–Kier alpha value is -1.79. The molecule has 1 saturated carbocycles. The Labute approximate surface area is 202 Å². The molecule has 1 atom stereocenters. The molecule has 3 aliphatic rings. The molecule has 2 amide bonds. The summed E-state index contributed by atoms with van der Waals surface area (Å²) in [5.74, 6) is 1.82. The van der Waals surface area contributed by atoms with Crippen LogP contribution < -0.4 is 4.74 Å². The second-order valence-corrected chi connectivity index (χ2v) is 10.5. The summed E-state index contributed by atoms with van der Waals surface area (Å²) >= 11 is 6.01. The molecule has 1 aromatic carbocycles. The topological polar surface area (TPSA) is 59.1 Å². The highest BCUT2D eigenvalue weighted by atomic mass is 35.5. The summed E-state index contributed by atoms with van der Waals surface area (Å²) in [7, 11) is 0. The lowest BCUT2D eigenvalue weighted by Gasteiger charge is -2.43. The van der Waals surface area contributed by atoms with E-state index in [2.05, 4.69) is 0 Å². The van der Waals surface area contributed by atoms with Gasteiger partial charge in [0.25, 0.3) is 0 Å². The Morgan fingerprint density at radius 1 is 1.00 bits per heavy atom. The molecular weight excluding hydrogens is 440 g/mol. The standard InChI is InChI=1S/C26H37ClN2O4/c27-22-7-9-23(10-8-22)33-20-26(18-25(31)28-14-16-32-17-15-28)12-3-13-29(19-26)24(30)11-6-21-4-1-2-5-21/h7-10,21H,1-6,11-20H2/t26-/m0/s1. The molecule has 3 fully saturated rings. The third-order valence-corrected chi connectivity index (χ3v) is 7.76. The maximum atomic E-state index is 13.2. The first kappa shape index (κ1) is 24.3. The van der Waals surface area contributed by atoms with Crippen molar-refractivity contribution < 1.29 is 19.1 Å². The highest BCUT2D eigenvalue weighted by Gasteiger charge is 2.41. The van der Waals surface area contributed by atoms with Crippen molar-refractivity contribution >= 4 is 23.4 Å². The molecule has 1 aromatic rings. The summed E-state index contributed by atoms with van der Waals surface area (Å²) in [5.41, 5.74) is -0.379. The lowest BCUT2D eigenvalue weighted by atomic mass is 9.77. The molecule has 2 aliphatic heterocycles. The van der Waals surface area contributed by atoms with Gasteiger partial charge in [0, 0.05) is 49.5 Å². The second-order valence-electron chi connectivity index (χ2n) is 10.0. The van der Waals surface area contributed by atoms with E-state index >= 15 is 0 Å². The van der Waals surface area contributed by atoms with Gasteiger partial charge in [0.05, 0.1) is 19.8 Å². The fourth-order valence-corrected chi connectivity index (χ4v) is 5.66. The minimum absolute atomic E-state index is 0.137. The molecule has 7 heteroatoms. The third-order valence-electron chi connectivity index (χ3n) is 7.50. The minimum Gasteiger partial charge on any atom is -0.493 e. The third kappa shape index (κ3) is 6.86. The van der Waals surface area contributed by atoms with Gasteiger partial charge in [-0.15, -0.1) is 0 Å². The molecule has 33 heavy (non-hydrogen) atoms. The summed E-state index contributed by atoms with van der Waals surface area (Å²) in [5, 5.41) is 0.663. The van der Waals surface area contributed by atoms with Gasteiger partial charge in [-0.25, -0.2) is 0 Å². The van der Waals surface area contributed by atoms with E-state index in [0.29, 0.717) is 63.2 Å². The smallest absolute Gasteiger partial charge is 0.223 e. The number of benzene rings is 1. The van der Waals surface area contributed by atoms with Crippen molar-refractivity contribution in [3.8, 4) is 5.75 Å². The average molecular weight is 477 g/mol. The van der Waals surface area contributed by atoms with Crippen LogP contribution in [0, 0.1) is 11.3 Å². The summed E-state index contributed by atoms with van der Waals surface area (Å²) in [6.45, 7) is 4.22. The first-order valence-electron chi connectivity index (χ1n) is 12.5. The molecule has 0 N–H and O–H groups in total. The first-order chi connectivity index (χ1) is 16.0. The number of hydrogen-bond acceptors (Lipinski definition) is 4. The van der Waals surface area contributed by atoms with E-state index < -0.39 is 0 Å². The lowest BCUT2D eigenvalue weighted by Crippen LogP contribution is -2.52. The zero-order valence-electron chi connectivity index (χ0n) is 19.6. The number of nitrogens with zero attached hydrogens (tertiary/aromatic N) is 2. The number of likely N-dealkylation sites (tertiary alicyclic amines) is 1. The van der Waals surface area contributed by atoms with Crippen LogP contribution in [0.3, 0.4) is 0 Å². The summed E-state index contributed by atoms with van der Waals surface area (Å²) in [4.78, 5) is 30.2. The van der Waals surface area contributed by atoms with Gasteiger partial charge in [-0.3, -0.25) is 9.59 Å². The van der Waals surface area contributed by atoms with E-state index in [-0.39, 0.29) is 17.2 Å². The van der Waals surface area contributed by atoms with Crippen molar-refractivity contribution in [2.75, 3.05) is 46.0 Å². The van der Waals surface area contributed by atoms with E-state index in [0.717, 1.165) is 31.6 Å². The highest BCUT2D eigenvalue weighted by Crippen LogP contribution is 2.36. The van der Waals surface area contributed by atoms with E-state index in [1.807, 2.05) is 34.1 Å². The fourth-order valence-electron chi connectivity index (χ4n) is 5.53. The van der Waals surface area contributed by atoms with Crippen molar-refractivity contribution in [1.29, 1.82) is 0 Å². The van der Waals surface area contributed by atoms with Crippen LogP contribution in [0.1, 0.15) is 57.8 Å². The van der Waals surface area contributed by atoms with Crippen LogP contribution in [0.5, 0.6) is 5.75 Å². The molecule has 6 nitrogen and oxygen atoms in total.